The molecular formula is C13H16F3NO3. The zero-order valence-electron chi connectivity index (χ0n) is 11.2. The molecule has 0 fully saturated rings. The third-order valence-corrected chi connectivity index (χ3v) is 2.48. The van der Waals surface area contributed by atoms with E-state index in [0.29, 0.717) is 11.3 Å². The van der Waals surface area contributed by atoms with Crippen molar-refractivity contribution >= 4 is 5.97 Å². The van der Waals surface area contributed by atoms with Crippen LogP contribution in [-0.2, 0) is 9.53 Å². The van der Waals surface area contributed by atoms with E-state index < -0.39 is 24.7 Å². The van der Waals surface area contributed by atoms with Gasteiger partial charge in [0.2, 0.25) is 0 Å². The summed E-state index contributed by atoms with van der Waals surface area (Å²) in [5.74, 6) is -0.457. The Hall–Kier alpha value is -1.76. The summed E-state index contributed by atoms with van der Waals surface area (Å²) >= 11 is 0. The topological polar surface area (TPSA) is 47.6 Å². The van der Waals surface area contributed by atoms with E-state index >= 15 is 0 Å². The van der Waals surface area contributed by atoms with E-state index in [-0.39, 0.29) is 6.61 Å². The molecule has 0 saturated carbocycles. The summed E-state index contributed by atoms with van der Waals surface area (Å²) in [5, 5.41) is 2.16. The first-order valence-corrected chi connectivity index (χ1v) is 5.98. The van der Waals surface area contributed by atoms with Gasteiger partial charge in [-0.3, -0.25) is 5.32 Å². The van der Waals surface area contributed by atoms with Crippen molar-refractivity contribution in [2.75, 3.05) is 20.3 Å². The second kappa shape index (κ2) is 7.14. The van der Waals surface area contributed by atoms with Crippen LogP contribution in [-0.4, -0.2) is 32.4 Å². The summed E-state index contributed by atoms with van der Waals surface area (Å²) in [4.78, 5) is 11.8. The summed E-state index contributed by atoms with van der Waals surface area (Å²) in [7, 11) is 1.38. The number of carbonyl (C=O) groups excluding carboxylic acids is 1. The Morgan fingerprint density at radius 2 is 2.00 bits per heavy atom. The van der Waals surface area contributed by atoms with Gasteiger partial charge in [0, 0.05) is 5.56 Å². The van der Waals surface area contributed by atoms with Crippen molar-refractivity contribution in [3.63, 3.8) is 0 Å². The molecule has 0 amide bonds. The number of carbonyl (C=O) groups is 1. The molecule has 1 aromatic rings. The van der Waals surface area contributed by atoms with Crippen LogP contribution in [0.1, 0.15) is 18.5 Å². The van der Waals surface area contributed by atoms with E-state index in [4.69, 9.17) is 9.47 Å². The van der Waals surface area contributed by atoms with E-state index in [1.807, 2.05) is 0 Å². The molecule has 1 atom stereocenters. The van der Waals surface area contributed by atoms with Gasteiger partial charge in [0.15, 0.2) is 0 Å². The van der Waals surface area contributed by atoms with Crippen molar-refractivity contribution in [2.45, 2.75) is 19.1 Å². The number of methoxy groups -OCH3 is 1. The predicted molar refractivity (Wildman–Crippen MR) is 66.4 cm³/mol. The van der Waals surface area contributed by atoms with Crippen molar-refractivity contribution < 1.29 is 27.4 Å². The lowest BCUT2D eigenvalue weighted by atomic mass is 10.1. The zero-order valence-corrected chi connectivity index (χ0v) is 11.2. The van der Waals surface area contributed by atoms with Gasteiger partial charge in [-0.15, -0.1) is 0 Å². The second-order valence-electron chi connectivity index (χ2n) is 3.92. The maximum Gasteiger partial charge on any atom is 0.401 e. The maximum atomic E-state index is 12.3. The van der Waals surface area contributed by atoms with Crippen LogP contribution in [0, 0.1) is 0 Å². The summed E-state index contributed by atoms with van der Waals surface area (Å²) < 4.78 is 46.8. The minimum Gasteiger partial charge on any atom is -0.496 e. The molecule has 0 aliphatic heterocycles. The number of esters is 1. The molecule has 1 rings (SSSR count). The number of para-hydroxylation sites is 1. The number of ether oxygens (including phenoxy) is 2. The van der Waals surface area contributed by atoms with Crippen molar-refractivity contribution in [1.29, 1.82) is 0 Å². The lowest BCUT2D eigenvalue weighted by Crippen LogP contribution is -2.37. The number of hydrogen-bond donors (Lipinski definition) is 1. The van der Waals surface area contributed by atoms with Gasteiger partial charge in [0.05, 0.1) is 20.3 Å². The number of rotatable bonds is 6. The first-order valence-electron chi connectivity index (χ1n) is 5.98. The third-order valence-electron chi connectivity index (χ3n) is 2.48. The molecule has 1 unspecified atom stereocenters. The first-order chi connectivity index (χ1) is 9.39. The van der Waals surface area contributed by atoms with Gasteiger partial charge in [-0.2, -0.15) is 13.2 Å². The van der Waals surface area contributed by atoms with E-state index in [1.165, 1.54) is 13.2 Å². The molecular weight excluding hydrogens is 275 g/mol. The molecule has 0 spiro atoms. The van der Waals surface area contributed by atoms with Crippen molar-refractivity contribution in [1.82, 2.24) is 5.32 Å². The number of hydrogen-bond acceptors (Lipinski definition) is 4. The molecule has 0 bridgehead atoms. The van der Waals surface area contributed by atoms with E-state index in [2.05, 4.69) is 5.32 Å². The van der Waals surface area contributed by atoms with Crippen LogP contribution in [0.4, 0.5) is 13.2 Å². The molecule has 7 heteroatoms. The number of alkyl halides is 3. The monoisotopic (exact) mass is 291 g/mol. The molecule has 0 saturated heterocycles. The normalized spacial score (nSPS) is 12.8. The standard InChI is InChI=1S/C13H16F3NO3/c1-3-20-12(18)11(17-8-13(14,15)16)9-6-4-5-7-10(9)19-2/h4-7,11,17H,3,8H2,1-2H3. The Labute approximate surface area is 114 Å². The fraction of sp³-hybridized carbons (Fsp3) is 0.462. The summed E-state index contributed by atoms with van der Waals surface area (Å²) in [6.45, 7) is 0.369. The molecule has 0 aromatic heterocycles. The van der Waals surface area contributed by atoms with Gasteiger partial charge < -0.3 is 9.47 Å². The highest BCUT2D eigenvalue weighted by atomic mass is 19.4. The lowest BCUT2D eigenvalue weighted by molar-refractivity contribution is -0.149. The zero-order chi connectivity index (χ0) is 15.2. The fourth-order valence-corrected chi connectivity index (χ4v) is 1.67. The highest BCUT2D eigenvalue weighted by molar-refractivity contribution is 5.78. The van der Waals surface area contributed by atoms with Crippen molar-refractivity contribution in [3.8, 4) is 5.75 Å². The molecule has 4 nitrogen and oxygen atoms in total. The van der Waals surface area contributed by atoms with E-state index in [1.54, 1.807) is 25.1 Å². The molecule has 0 aliphatic carbocycles. The van der Waals surface area contributed by atoms with Gasteiger partial charge in [0.1, 0.15) is 11.8 Å². The maximum absolute atomic E-state index is 12.3. The Morgan fingerprint density at radius 3 is 2.55 bits per heavy atom. The van der Waals surface area contributed by atoms with Crippen LogP contribution in [0.25, 0.3) is 0 Å². The molecule has 1 N–H and O–H groups in total. The molecule has 0 aliphatic rings. The average molecular weight is 291 g/mol. The van der Waals surface area contributed by atoms with E-state index in [0.717, 1.165) is 0 Å². The molecule has 0 radical (unpaired) electrons. The average Bonchev–Trinajstić information content (AvgIpc) is 2.38. The predicted octanol–water partition coefficient (Wildman–Crippen LogP) is 2.45. The van der Waals surface area contributed by atoms with Crippen LogP contribution in [0.2, 0.25) is 0 Å². The molecule has 20 heavy (non-hydrogen) atoms. The lowest BCUT2D eigenvalue weighted by Gasteiger charge is -2.20. The highest BCUT2D eigenvalue weighted by Crippen LogP contribution is 2.26. The molecule has 1 aromatic carbocycles. The number of benzene rings is 1. The quantitative estimate of drug-likeness (QED) is 0.818. The van der Waals surface area contributed by atoms with Crippen molar-refractivity contribution in [2.24, 2.45) is 0 Å². The molecule has 0 heterocycles. The minimum atomic E-state index is -4.42. The Bertz CT molecular complexity index is 449. The Balaban J connectivity index is 3.00. The van der Waals surface area contributed by atoms with Gasteiger partial charge >= 0.3 is 12.1 Å². The second-order valence-corrected chi connectivity index (χ2v) is 3.92. The summed E-state index contributed by atoms with van der Waals surface area (Å²) in [6.07, 6.45) is -4.42. The summed E-state index contributed by atoms with van der Waals surface area (Å²) in [6, 6.07) is 5.13. The SMILES string of the molecule is CCOC(=O)C(NCC(F)(F)F)c1ccccc1OC. The number of halogens is 3. The van der Waals surface area contributed by atoms with Crippen LogP contribution in [0.5, 0.6) is 5.75 Å². The van der Waals surface area contributed by atoms with E-state index in [9.17, 15) is 18.0 Å². The Morgan fingerprint density at radius 1 is 1.35 bits per heavy atom. The van der Waals surface area contributed by atoms with Crippen LogP contribution < -0.4 is 10.1 Å². The Kier molecular flexibility index (Phi) is 5.82. The minimum absolute atomic E-state index is 0.0815. The van der Waals surface area contributed by atoms with Gasteiger partial charge in [-0.05, 0) is 13.0 Å². The number of nitrogens with one attached hydrogen (secondary N) is 1. The van der Waals surface area contributed by atoms with Gasteiger partial charge in [-0.25, -0.2) is 4.79 Å². The third kappa shape index (κ3) is 4.73. The molecule has 112 valence electrons. The smallest absolute Gasteiger partial charge is 0.401 e. The van der Waals surface area contributed by atoms with Gasteiger partial charge in [0.25, 0.3) is 0 Å². The van der Waals surface area contributed by atoms with Crippen LogP contribution in [0.3, 0.4) is 0 Å². The van der Waals surface area contributed by atoms with Crippen LogP contribution >= 0.6 is 0 Å². The fourth-order valence-electron chi connectivity index (χ4n) is 1.67. The largest absolute Gasteiger partial charge is 0.496 e. The first kappa shape index (κ1) is 16.3. The van der Waals surface area contributed by atoms with Crippen LogP contribution in [0.15, 0.2) is 24.3 Å². The van der Waals surface area contributed by atoms with Gasteiger partial charge in [-0.1, -0.05) is 18.2 Å². The summed E-state index contributed by atoms with van der Waals surface area (Å²) in [5.41, 5.74) is 0.303. The highest BCUT2D eigenvalue weighted by Gasteiger charge is 2.32. The van der Waals surface area contributed by atoms with Crippen molar-refractivity contribution in [3.05, 3.63) is 29.8 Å².